The van der Waals surface area contributed by atoms with Gasteiger partial charge in [-0.05, 0) is 64.9 Å². The summed E-state index contributed by atoms with van der Waals surface area (Å²) < 4.78 is 5.72. The molecule has 2 N–H and O–H groups in total. The van der Waals surface area contributed by atoms with Crippen LogP contribution < -0.4 is 10.7 Å². The number of rotatable bonds is 6. The van der Waals surface area contributed by atoms with E-state index < -0.39 is 0 Å². The summed E-state index contributed by atoms with van der Waals surface area (Å²) in [4.78, 5) is 9.24. The Labute approximate surface area is 163 Å². The summed E-state index contributed by atoms with van der Waals surface area (Å²) in [6, 6.07) is 6.47. The summed E-state index contributed by atoms with van der Waals surface area (Å²) in [6.07, 6.45) is 5.48. The van der Waals surface area contributed by atoms with Gasteiger partial charge in [-0.2, -0.15) is 5.10 Å². The standard InChI is InChI=1S/C21H33N5O/c1-16-11-17(26-14-21(2,15-26)25(3)4)8-9-19(16)20(24-22)13-23-12-18-7-5-6-10-27-18/h8-9,11,13,18H,5-7,10,12,14-15,22H2,1-4H3/b23-13?,24-20+. The van der Waals surface area contributed by atoms with Crippen molar-refractivity contribution >= 4 is 17.6 Å². The lowest BCUT2D eigenvalue weighted by molar-refractivity contribution is 0.0226. The summed E-state index contributed by atoms with van der Waals surface area (Å²) in [7, 11) is 4.29. The number of benzene rings is 1. The average Bonchev–Trinajstić information content (AvgIpc) is 2.64. The van der Waals surface area contributed by atoms with Gasteiger partial charge in [-0.15, -0.1) is 0 Å². The number of hydrogen-bond acceptors (Lipinski definition) is 6. The Morgan fingerprint density at radius 2 is 2.15 bits per heavy atom. The van der Waals surface area contributed by atoms with Crippen LogP contribution in [0.4, 0.5) is 5.69 Å². The van der Waals surface area contributed by atoms with E-state index in [0.717, 1.165) is 49.4 Å². The quantitative estimate of drug-likeness (QED) is 0.474. The number of nitrogens with zero attached hydrogens (tertiary/aromatic N) is 4. The smallest absolute Gasteiger partial charge is 0.108 e. The Kier molecular flexibility index (Phi) is 6.17. The van der Waals surface area contributed by atoms with Crippen molar-refractivity contribution in [1.29, 1.82) is 0 Å². The van der Waals surface area contributed by atoms with Gasteiger partial charge in [-0.1, -0.05) is 6.07 Å². The Morgan fingerprint density at radius 1 is 1.37 bits per heavy atom. The molecule has 2 heterocycles. The molecule has 0 aliphatic carbocycles. The molecule has 2 fully saturated rings. The first-order chi connectivity index (χ1) is 12.9. The van der Waals surface area contributed by atoms with E-state index in [0.29, 0.717) is 6.54 Å². The second kappa shape index (κ2) is 8.40. The van der Waals surface area contributed by atoms with Gasteiger partial charge < -0.3 is 20.4 Å². The van der Waals surface area contributed by atoms with E-state index in [2.05, 4.69) is 66.0 Å². The molecule has 1 atom stereocenters. The second-order valence-corrected chi connectivity index (χ2v) is 8.24. The van der Waals surface area contributed by atoms with E-state index in [1.54, 1.807) is 6.21 Å². The van der Waals surface area contributed by atoms with Crippen molar-refractivity contribution in [3.05, 3.63) is 29.3 Å². The topological polar surface area (TPSA) is 66.5 Å². The van der Waals surface area contributed by atoms with Crippen LogP contribution in [0.15, 0.2) is 28.3 Å². The van der Waals surface area contributed by atoms with Gasteiger partial charge in [0.05, 0.1) is 18.2 Å². The van der Waals surface area contributed by atoms with Crippen LogP contribution in [-0.4, -0.2) is 68.8 Å². The van der Waals surface area contributed by atoms with Crippen molar-refractivity contribution in [3.63, 3.8) is 0 Å². The maximum absolute atomic E-state index is 5.72. The van der Waals surface area contributed by atoms with Crippen molar-refractivity contribution in [3.8, 4) is 0 Å². The zero-order valence-electron chi connectivity index (χ0n) is 17.1. The highest BCUT2D eigenvalue weighted by Gasteiger charge is 2.40. The van der Waals surface area contributed by atoms with Crippen molar-refractivity contribution < 1.29 is 4.74 Å². The number of likely N-dealkylation sites (N-methyl/N-ethyl adjacent to an activating group) is 1. The van der Waals surface area contributed by atoms with Crippen molar-refractivity contribution in [1.82, 2.24) is 4.90 Å². The summed E-state index contributed by atoms with van der Waals surface area (Å²) >= 11 is 0. The fourth-order valence-corrected chi connectivity index (χ4v) is 3.75. The second-order valence-electron chi connectivity index (χ2n) is 8.24. The first kappa shape index (κ1) is 19.8. The van der Waals surface area contributed by atoms with Crippen molar-refractivity contribution in [2.45, 2.75) is 44.8 Å². The number of anilines is 1. The molecule has 0 bridgehead atoms. The minimum atomic E-state index is 0.231. The largest absolute Gasteiger partial charge is 0.376 e. The first-order valence-corrected chi connectivity index (χ1v) is 9.86. The highest BCUT2D eigenvalue weighted by atomic mass is 16.5. The fourth-order valence-electron chi connectivity index (χ4n) is 3.75. The molecule has 148 valence electrons. The number of hydrazone groups is 1. The monoisotopic (exact) mass is 371 g/mol. The summed E-state index contributed by atoms with van der Waals surface area (Å²) in [5, 5.41) is 3.96. The van der Waals surface area contributed by atoms with Crippen molar-refractivity contribution in [2.24, 2.45) is 15.9 Å². The minimum Gasteiger partial charge on any atom is -0.376 e. The lowest BCUT2D eigenvalue weighted by atomic mass is 9.89. The molecule has 6 nitrogen and oxygen atoms in total. The fraction of sp³-hybridized carbons (Fsp3) is 0.619. The first-order valence-electron chi connectivity index (χ1n) is 9.86. The van der Waals surface area contributed by atoms with E-state index in [-0.39, 0.29) is 11.6 Å². The lowest BCUT2D eigenvalue weighted by Crippen LogP contribution is -2.67. The van der Waals surface area contributed by atoms with Crippen LogP contribution in [0.1, 0.15) is 37.3 Å². The van der Waals surface area contributed by atoms with E-state index >= 15 is 0 Å². The number of nitrogens with two attached hydrogens (primary N) is 1. The molecule has 2 saturated heterocycles. The van der Waals surface area contributed by atoms with Gasteiger partial charge in [-0.3, -0.25) is 4.99 Å². The van der Waals surface area contributed by atoms with Crippen LogP contribution in [0.25, 0.3) is 0 Å². The molecule has 3 rings (SSSR count). The van der Waals surface area contributed by atoms with Crippen molar-refractivity contribution in [2.75, 3.05) is 45.2 Å². The van der Waals surface area contributed by atoms with E-state index in [1.165, 1.54) is 12.1 Å². The third-order valence-corrected chi connectivity index (χ3v) is 5.93. The molecular formula is C21H33N5O. The van der Waals surface area contributed by atoms with Gasteiger partial charge in [0, 0.05) is 37.2 Å². The summed E-state index contributed by atoms with van der Waals surface area (Å²) in [5.41, 5.74) is 4.42. The molecular weight excluding hydrogens is 338 g/mol. The number of ether oxygens (including phenoxy) is 1. The maximum Gasteiger partial charge on any atom is 0.108 e. The molecule has 27 heavy (non-hydrogen) atoms. The molecule has 0 amide bonds. The molecule has 2 aliphatic heterocycles. The molecule has 1 aromatic carbocycles. The third-order valence-electron chi connectivity index (χ3n) is 5.93. The molecule has 2 aliphatic rings. The average molecular weight is 372 g/mol. The molecule has 1 aromatic rings. The van der Waals surface area contributed by atoms with Crippen LogP contribution in [0.5, 0.6) is 0 Å². The van der Waals surface area contributed by atoms with E-state index in [4.69, 9.17) is 10.6 Å². The van der Waals surface area contributed by atoms with Gasteiger partial charge in [0.2, 0.25) is 0 Å². The van der Waals surface area contributed by atoms with Crippen LogP contribution in [-0.2, 0) is 4.74 Å². The predicted octanol–water partition coefficient (Wildman–Crippen LogP) is 2.44. The van der Waals surface area contributed by atoms with Gasteiger partial charge in [0.1, 0.15) is 5.71 Å². The minimum absolute atomic E-state index is 0.231. The Balaban J connectivity index is 1.63. The molecule has 0 aromatic heterocycles. The van der Waals surface area contributed by atoms with Gasteiger partial charge in [0.15, 0.2) is 0 Å². The van der Waals surface area contributed by atoms with Crippen LogP contribution in [0, 0.1) is 6.92 Å². The van der Waals surface area contributed by atoms with Crippen LogP contribution >= 0.6 is 0 Å². The Bertz CT molecular complexity index is 701. The molecule has 1 unspecified atom stereocenters. The van der Waals surface area contributed by atoms with Crippen LogP contribution in [0.2, 0.25) is 0 Å². The molecule has 6 heteroatoms. The van der Waals surface area contributed by atoms with Gasteiger partial charge in [0.25, 0.3) is 0 Å². The van der Waals surface area contributed by atoms with Crippen LogP contribution in [0.3, 0.4) is 0 Å². The zero-order valence-corrected chi connectivity index (χ0v) is 17.1. The van der Waals surface area contributed by atoms with E-state index in [1.807, 2.05) is 0 Å². The predicted molar refractivity (Wildman–Crippen MR) is 113 cm³/mol. The highest BCUT2D eigenvalue weighted by Crippen LogP contribution is 2.31. The molecule has 0 radical (unpaired) electrons. The summed E-state index contributed by atoms with van der Waals surface area (Å²) in [6.45, 7) is 8.01. The van der Waals surface area contributed by atoms with Gasteiger partial charge >= 0.3 is 0 Å². The Morgan fingerprint density at radius 3 is 2.74 bits per heavy atom. The highest BCUT2D eigenvalue weighted by molar-refractivity contribution is 6.38. The zero-order chi connectivity index (χ0) is 19.4. The molecule has 0 saturated carbocycles. The number of aliphatic imine (C=N–C) groups is 1. The SMILES string of the molecule is Cc1cc(N2CC(C)(N(C)C)C2)ccc1/C(C=NCC1CCCCO1)=N/N. The molecule has 0 spiro atoms. The normalized spacial score (nSPS) is 23.1. The number of hydrogen-bond donors (Lipinski definition) is 1. The number of aryl methyl sites for hydroxylation is 1. The Hall–Kier alpha value is -1.92. The lowest BCUT2D eigenvalue weighted by Gasteiger charge is -2.53. The third kappa shape index (κ3) is 4.50. The van der Waals surface area contributed by atoms with Gasteiger partial charge in [-0.25, -0.2) is 0 Å². The maximum atomic E-state index is 5.72. The van der Waals surface area contributed by atoms with E-state index in [9.17, 15) is 0 Å². The summed E-state index contributed by atoms with van der Waals surface area (Å²) in [5.74, 6) is 5.65.